The van der Waals surface area contributed by atoms with Gasteiger partial charge in [0.1, 0.15) is 0 Å². The van der Waals surface area contributed by atoms with Gasteiger partial charge in [0.05, 0.1) is 0 Å². The van der Waals surface area contributed by atoms with Gasteiger partial charge in [-0.25, -0.2) is 0 Å². The SMILES string of the molecule is CN(C)C1CCCCC1N(C)C(=O)c1ccc(N=[N+]=[N-])cc1. The predicted molar refractivity (Wildman–Crippen MR) is 87.1 cm³/mol. The van der Waals surface area contributed by atoms with Crippen LogP contribution in [0.15, 0.2) is 29.4 Å². The second-order valence-corrected chi connectivity index (χ2v) is 6.04. The van der Waals surface area contributed by atoms with E-state index in [0.717, 1.165) is 12.8 Å². The molecule has 0 aliphatic heterocycles. The lowest BCUT2D eigenvalue weighted by molar-refractivity contribution is 0.0544. The second kappa shape index (κ2) is 7.29. The lowest BCUT2D eigenvalue weighted by atomic mass is 9.88. The summed E-state index contributed by atoms with van der Waals surface area (Å²) >= 11 is 0. The molecule has 0 radical (unpaired) electrons. The number of carbonyl (C=O) groups excluding carboxylic acids is 1. The minimum Gasteiger partial charge on any atom is -0.337 e. The van der Waals surface area contributed by atoms with E-state index in [0.29, 0.717) is 17.3 Å². The Morgan fingerprint density at radius 3 is 2.27 bits per heavy atom. The molecule has 6 nitrogen and oxygen atoms in total. The van der Waals surface area contributed by atoms with Gasteiger partial charge in [-0.1, -0.05) is 30.1 Å². The van der Waals surface area contributed by atoms with Crippen LogP contribution >= 0.6 is 0 Å². The molecule has 0 heterocycles. The summed E-state index contributed by atoms with van der Waals surface area (Å²) < 4.78 is 0. The summed E-state index contributed by atoms with van der Waals surface area (Å²) in [5.74, 6) is 0.0197. The van der Waals surface area contributed by atoms with Crippen LogP contribution in [0.2, 0.25) is 0 Å². The topological polar surface area (TPSA) is 72.3 Å². The van der Waals surface area contributed by atoms with Crippen molar-refractivity contribution >= 4 is 11.6 Å². The molecule has 22 heavy (non-hydrogen) atoms. The number of carbonyl (C=O) groups is 1. The number of azide groups is 1. The highest BCUT2D eigenvalue weighted by atomic mass is 16.2. The van der Waals surface area contributed by atoms with Crippen molar-refractivity contribution in [3.05, 3.63) is 40.3 Å². The number of benzene rings is 1. The van der Waals surface area contributed by atoms with Gasteiger partial charge in [0, 0.05) is 35.3 Å². The first kappa shape index (κ1) is 16.3. The molecule has 0 bridgehead atoms. The largest absolute Gasteiger partial charge is 0.337 e. The third-order valence-corrected chi connectivity index (χ3v) is 4.45. The van der Waals surface area contributed by atoms with Gasteiger partial charge in [-0.3, -0.25) is 4.79 Å². The molecule has 118 valence electrons. The average Bonchev–Trinajstić information content (AvgIpc) is 2.54. The Balaban J connectivity index is 2.14. The molecular formula is C16H23N5O. The van der Waals surface area contributed by atoms with Crippen LogP contribution in [0, 0.1) is 0 Å². The molecule has 2 rings (SSSR count). The van der Waals surface area contributed by atoms with Crippen LogP contribution in [0.1, 0.15) is 36.0 Å². The van der Waals surface area contributed by atoms with Crippen molar-refractivity contribution in [1.82, 2.24) is 9.80 Å². The van der Waals surface area contributed by atoms with Crippen molar-refractivity contribution in [2.45, 2.75) is 37.8 Å². The Morgan fingerprint density at radius 2 is 1.73 bits per heavy atom. The van der Waals surface area contributed by atoms with Gasteiger partial charge in [0.25, 0.3) is 5.91 Å². The molecule has 0 spiro atoms. The first-order chi connectivity index (χ1) is 10.5. The van der Waals surface area contributed by atoms with E-state index in [1.807, 2.05) is 11.9 Å². The zero-order chi connectivity index (χ0) is 16.1. The smallest absolute Gasteiger partial charge is 0.253 e. The molecule has 2 unspecified atom stereocenters. The Hall–Kier alpha value is -2.04. The van der Waals surface area contributed by atoms with E-state index >= 15 is 0 Å². The van der Waals surface area contributed by atoms with Gasteiger partial charge in [0.15, 0.2) is 0 Å². The highest BCUT2D eigenvalue weighted by molar-refractivity contribution is 5.94. The van der Waals surface area contributed by atoms with Crippen LogP contribution in [-0.2, 0) is 0 Å². The summed E-state index contributed by atoms with van der Waals surface area (Å²) in [4.78, 5) is 19.5. The average molecular weight is 301 g/mol. The predicted octanol–water partition coefficient (Wildman–Crippen LogP) is 3.57. The maximum Gasteiger partial charge on any atom is 0.253 e. The maximum absolute atomic E-state index is 12.7. The summed E-state index contributed by atoms with van der Waals surface area (Å²) in [6, 6.07) is 7.43. The Morgan fingerprint density at radius 1 is 1.14 bits per heavy atom. The summed E-state index contributed by atoms with van der Waals surface area (Å²) in [5, 5.41) is 3.53. The van der Waals surface area contributed by atoms with E-state index in [9.17, 15) is 4.79 Å². The molecule has 1 amide bonds. The third-order valence-electron chi connectivity index (χ3n) is 4.45. The van der Waals surface area contributed by atoms with E-state index in [1.54, 1.807) is 24.3 Å². The van der Waals surface area contributed by atoms with E-state index in [4.69, 9.17) is 5.53 Å². The Kier molecular flexibility index (Phi) is 5.41. The first-order valence-corrected chi connectivity index (χ1v) is 7.63. The second-order valence-electron chi connectivity index (χ2n) is 6.04. The van der Waals surface area contributed by atoms with Gasteiger partial charge in [0.2, 0.25) is 0 Å². The fraction of sp³-hybridized carbons (Fsp3) is 0.562. The molecule has 1 aliphatic rings. The molecule has 1 aromatic carbocycles. The zero-order valence-electron chi connectivity index (χ0n) is 13.4. The van der Waals surface area contributed by atoms with Crippen molar-refractivity contribution < 1.29 is 4.79 Å². The highest BCUT2D eigenvalue weighted by Gasteiger charge is 2.32. The summed E-state index contributed by atoms with van der Waals surface area (Å²) in [6.45, 7) is 0. The van der Waals surface area contributed by atoms with Crippen molar-refractivity contribution in [3.8, 4) is 0 Å². The molecule has 1 aliphatic carbocycles. The Bertz CT molecular complexity index is 562. The number of hydrogen-bond acceptors (Lipinski definition) is 3. The van der Waals surface area contributed by atoms with Gasteiger partial charge in [-0.2, -0.15) is 0 Å². The Labute approximate surface area is 131 Å². The first-order valence-electron chi connectivity index (χ1n) is 7.63. The van der Waals surface area contributed by atoms with Crippen LogP contribution < -0.4 is 0 Å². The number of amides is 1. The van der Waals surface area contributed by atoms with Gasteiger partial charge in [-0.05, 0) is 44.6 Å². The van der Waals surface area contributed by atoms with Crippen molar-refractivity contribution in [3.63, 3.8) is 0 Å². The molecule has 1 saturated carbocycles. The minimum atomic E-state index is 0.0197. The van der Waals surface area contributed by atoms with Gasteiger partial charge in [-0.15, -0.1) is 0 Å². The lowest BCUT2D eigenvalue weighted by Crippen LogP contribution is -2.51. The fourth-order valence-corrected chi connectivity index (χ4v) is 3.22. The van der Waals surface area contributed by atoms with Crippen molar-refractivity contribution in [2.75, 3.05) is 21.1 Å². The lowest BCUT2D eigenvalue weighted by Gasteiger charge is -2.41. The normalized spacial score (nSPS) is 21.3. The highest BCUT2D eigenvalue weighted by Crippen LogP contribution is 2.26. The quantitative estimate of drug-likeness (QED) is 0.484. The van der Waals surface area contributed by atoms with Crippen molar-refractivity contribution in [1.29, 1.82) is 0 Å². The van der Waals surface area contributed by atoms with E-state index in [-0.39, 0.29) is 11.9 Å². The molecule has 1 aromatic rings. The van der Waals surface area contributed by atoms with Crippen LogP contribution in [0.3, 0.4) is 0 Å². The molecule has 0 saturated heterocycles. The van der Waals surface area contributed by atoms with Crippen LogP contribution in [-0.4, -0.2) is 48.9 Å². The summed E-state index contributed by atoms with van der Waals surface area (Å²) in [7, 11) is 6.04. The number of rotatable bonds is 4. The molecule has 0 aromatic heterocycles. The molecule has 1 fully saturated rings. The van der Waals surface area contributed by atoms with Gasteiger partial charge >= 0.3 is 0 Å². The molecule has 2 atom stereocenters. The zero-order valence-corrected chi connectivity index (χ0v) is 13.4. The van der Waals surface area contributed by atoms with Crippen LogP contribution in [0.5, 0.6) is 0 Å². The minimum absolute atomic E-state index is 0.0197. The number of hydrogen-bond donors (Lipinski definition) is 0. The molecular weight excluding hydrogens is 278 g/mol. The van der Waals surface area contributed by atoms with Crippen LogP contribution in [0.4, 0.5) is 5.69 Å². The molecule has 0 N–H and O–H groups in total. The fourth-order valence-electron chi connectivity index (χ4n) is 3.22. The standard InChI is InChI=1S/C16H23N5O/c1-20(2)14-6-4-5-7-15(14)21(3)16(22)12-8-10-13(11-9-12)18-19-17/h8-11,14-15H,4-7H2,1-3H3. The van der Waals surface area contributed by atoms with Crippen LogP contribution in [0.25, 0.3) is 10.4 Å². The van der Waals surface area contributed by atoms with E-state index in [2.05, 4.69) is 29.0 Å². The van der Waals surface area contributed by atoms with Crippen molar-refractivity contribution in [2.24, 2.45) is 5.11 Å². The third kappa shape index (κ3) is 3.59. The maximum atomic E-state index is 12.7. The molecule has 6 heteroatoms. The summed E-state index contributed by atoms with van der Waals surface area (Å²) in [5.41, 5.74) is 9.56. The number of nitrogens with zero attached hydrogens (tertiary/aromatic N) is 5. The van der Waals surface area contributed by atoms with E-state index in [1.165, 1.54) is 12.8 Å². The van der Waals surface area contributed by atoms with E-state index < -0.39 is 0 Å². The number of likely N-dealkylation sites (N-methyl/N-ethyl adjacent to an activating group) is 2. The summed E-state index contributed by atoms with van der Waals surface area (Å²) in [6.07, 6.45) is 4.57. The van der Waals surface area contributed by atoms with Gasteiger partial charge < -0.3 is 9.80 Å². The monoisotopic (exact) mass is 301 g/mol.